The third kappa shape index (κ3) is 3.42. The Hall–Kier alpha value is -3.39. The van der Waals surface area contributed by atoms with Crippen LogP contribution in [0.2, 0.25) is 0 Å². The molecule has 0 saturated heterocycles. The molecular weight excluding hydrogens is 393 g/mol. The molecule has 2 N–H and O–H groups in total. The number of ether oxygens (including phenoxy) is 2. The predicted octanol–water partition coefficient (Wildman–Crippen LogP) is 4.73. The Morgan fingerprint density at radius 2 is 1.90 bits per heavy atom. The van der Waals surface area contributed by atoms with Gasteiger partial charge in [0.2, 0.25) is 0 Å². The lowest BCUT2D eigenvalue weighted by molar-refractivity contribution is 0.393. The largest absolute Gasteiger partial charge is 0.510 e. The number of thiazole rings is 1. The molecule has 0 aliphatic carbocycles. The van der Waals surface area contributed by atoms with E-state index in [9.17, 15) is 9.50 Å². The second-order valence-corrected chi connectivity index (χ2v) is 7.20. The van der Waals surface area contributed by atoms with E-state index in [-0.39, 0.29) is 24.0 Å². The van der Waals surface area contributed by atoms with E-state index < -0.39 is 0 Å². The number of hydrogen-bond acceptors (Lipinski definition) is 6. The maximum atomic E-state index is 13.2. The summed E-state index contributed by atoms with van der Waals surface area (Å²) in [5, 5.41) is 21.5. The molecular formula is C21H18FN3O3S. The van der Waals surface area contributed by atoms with Crippen molar-refractivity contribution >= 4 is 28.4 Å². The van der Waals surface area contributed by atoms with Gasteiger partial charge in [0.25, 0.3) is 0 Å². The molecule has 1 aliphatic heterocycles. The van der Waals surface area contributed by atoms with Crippen molar-refractivity contribution in [3.63, 3.8) is 0 Å². The highest BCUT2D eigenvalue weighted by Gasteiger charge is 2.32. The number of methoxy groups -OCH3 is 2. The van der Waals surface area contributed by atoms with Gasteiger partial charge in [-0.3, -0.25) is 5.41 Å². The first-order valence-electron chi connectivity index (χ1n) is 8.74. The lowest BCUT2D eigenvalue weighted by Gasteiger charge is -2.21. The quantitative estimate of drug-likeness (QED) is 0.634. The third-order valence-electron chi connectivity index (χ3n) is 4.64. The highest BCUT2D eigenvalue weighted by Crippen LogP contribution is 2.39. The zero-order chi connectivity index (χ0) is 20.5. The van der Waals surface area contributed by atoms with Crippen molar-refractivity contribution in [1.29, 1.82) is 5.41 Å². The van der Waals surface area contributed by atoms with Crippen LogP contribution in [0.25, 0.3) is 16.8 Å². The van der Waals surface area contributed by atoms with Crippen LogP contribution in [0.5, 0.6) is 11.5 Å². The van der Waals surface area contributed by atoms with Crippen molar-refractivity contribution in [3.8, 4) is 22.8 Å². The number of aromatic nitrogens is 1. The molecule has 0 spiro atoms. The number of amidine groups is 1. The minimum Gasteiger partial charge on any atom is -0.510 e. The summed E-state index contributed by atoms with van der Waals surface area (Å²) in [6, 6.07) is 11.3. The minimum absolute atomic E-state index is 0.0628. The molecule has 8 heteroatoms. The lowest BCUT2D eigenvalue weighted by Crippen LogP contribution is -2.26. The zero-order valence-electron chi connectivity index (χ0n) is 15.8. The van der Waals surface area contributed by atoms with Crippen LogP contribution in [-0.4, -0.2) is 36.7 Å². The first kappa shape index (κ1) is 18.9. The Balaban J connectivity index is 1.65. The molecule has 4 rings (SSSR count). The molecule has 29 heavy (non-hydrogen) atoms. The standard InChI is InChI=1S/C21H18FN3O3S/c1-27-14-7-8-16(18(9-14)28-2)25-10-17(26)19(20(25)23)21-24-15(11-29-21)12-3-5-13(22)6-4-12/h3-9,11,23,26H,10H2,1-2H3. The Labute approximate surface area is 171 Å². The summed E-state index contributed by atoms with van der Waals surface area (Å²) in [5.74, 6) is 1.05. The SMILES string of the molecule is COc1ccc(N2CC(O)=C(c3nc(-c4ccc(F)cc4)cs3)C2=N)c(OC)c1. The Morgan fingerprint density at radius 3 is 2.59 bits per heavy atom. The molecule has 0 fully saturated rings. The summed E-state index contributed by atoms with van der Waals surface area (Å²) < 4.78 is 23.8. The Bertz CT molecular complexity index is 1110. The van der Waals surface area contributed by atoms with Crippen LogP contribution < -0.4 is 14.4 Å². The highest BCUT2D eigenvalue weighted by molar-refractivity contribution is 7.11. The van der Waals surface area contributed by atoms with Gasteiger partial charge in [-0.25, -0.2) is 9.37 Å². The maximum Gasteiger partial charge on any atom is 0.146 e. The number of aliphatic hydroxyl groups is 1. The van der Waals surface area contributed by atoms with Crippen LogP contribution in [0.3, 0.4) is 0 Å². The van der Waals surface area contributed by atoms with Crippen LogP contribution in [0.15, 0.2) is 53.6 Å². The lowest BCUT2D eigenvalue weighted by atomic mass is 10.2. The third-order valence-corrected chi connectivity index (χ3v) is 5.50. The Kier molecular flexibility index (Phi) is 4.94. The number of rotatable bonds is 5. The number of nitrogens with zero attached hydrogens (tertiary/aromatic N) is 2. The fraction of sp³-hybridized carbons (Fsp3) is 0.143. The summed E-state index contributed by atoms with van der Waals surface area (Å²) in [6.07, 6.45) is 0. The summed E-state index contributed by atoms with van der Waals surface area (Å²) in [7, 11) is 3.11. The van der Waals surface area contributed by atoms with E-state index in [0.717, 1.165) is 5.56 Å². The Morgan fingerprint density at radius 1 is 1.14 bits per heavy atom. The highest BCUT2D eigenvalue weighted by atomic mass is 32.1. The maximum absolute atomic E-state index is 13.2. The van der Waals surface area contributed by atoms with Gasteiger partial charge in [-0.15, -0.1) is 11.3 Å². The van der Waals surface area contributed by atoms with Gasteiger partial charge in [-0.05, 0) is 36.4 Å². The second-order valence-electron chi connectivity index (χ2n) is 6.34. The van der Waals surface area contributed by atoms with Gasteiger partial charge in [0.1, 0.15) is 33.9 Å². The minimum atomic E-state index is -0.314. The molecule has 6 nitrogen and oxygen atoms in total. The van der Waals surface area contributed by atoms with Gasteiger partial charge in [0, 0.05) is 17.0 Å². The average Bonchev–Trinajstić information content (AvgIpc) is 3.32. The van der Waals surface area contributed by atoms with E-state index in [1.165, 1.54) is 23.5 Å². The topological polar surface area (TPSA) is 78.7 Å². The molecule has 3 aromatic rings. The van der Waals surface area contributed by atoms with Gasteiger partial charge in [0.05, 0.1) is 37.7 Å². The van der Waals surface area contributed by atoms with Crippen molar-refractivity contribution in [2.24, 2.45) is 0 Å². The number of hydrogen-bond donors (Lipinski definition) is 2. The van der Waals surface area contributed by atoms with Crippen molar-refractivity contribution in [2.75, 3.05) is 25.7 Å². The summed E-state index contributed by atoms with van der Waals surface area (Å²) in [6.45, 7) is 0.141. The van der Waals surface area contributed by atoms with Crippen molar-refractivity contribution in [3.05, 3.63) is 64.4 Å². The molecule has 2 aromatic carbocycles. The van der Waals surface area contributed by atoms with E-state index in [0.29, 0.717) is 33.5 Å². The van der Waals surface area contributed by atoms with Crippen molar-refractivity contribution in [1.82, 2.24) is 4.98 Å². The molecule has 0 bridgehead atoms. The van der Waals surface area contributed by atoms with Crippen molar-refractivity contribution in [2.45, 2.75) is 0 Å². The van der Waals surface area contributed by atoms with Crippen LogP contribution in [0.1, 0.15) is 5.01 Å². The summed E-state index contributed by atoms with van der Waals surface area (Å²) in [4.78, 5) is 6.21. The van der Waals surface area contributed by atoms with Gasteiger partial charge in [-0.1, -0.05) is 0 Å². The number of anilines is 1. The number of benzene rings is 2. The fourth-order valence-electron chi connectivity index (χ4n) is 3.16. The second kappa shape index (κ2) is 7.56. The number of aliphatic hydroxyl groups excluding tert-OH is 1. The zero-order valence-corrected chi connectivity index (χ0v) is 16.6. The number of nitrogens with one attached hydrogen (secondary N) is 1. The van der Waals surface area contributed by atoms with Crippen molar-refractivity contribution < 1.29 is 19.0 Å². The van der Waals surface area contributed by atoms with Crippen LogP contribution >= 0.6 is 11.3 Å². The monoisotopic (exact) mass is 411 g/mol. The molecule has 0 radical (unpaired) electrons. The predicted molar refractivity (Wildman–Crippen MR) is 112 cm³/mol. The van der Waals surface area contributed by atoms with Gasteiger partial charge in [-0.2, -0.15) is 0 Å². The van der Waals surface area contributed by atoms with Gasteiger partial charge < -0.3 is 19.5 Å². The molecule has 0 amide bonds. The van der Waals surface area contributed by atoms with Crippen LogP contribution in [0.4, 0.5) is 10.1 Å². The van der Waals surface area contributed by atoms with E-state index >= 15 is 0 Å². The van der Waals surface area contributed by atoms with E-state index in [4.69, 9.17) is 14.9 Å². The average molecular weight is 411 g/mol. The van der Waals surface area contributed by atoms with E-state index in [2.05, 4.69) is 4.98 Å². The first-order chi connectivity index (χ1) is 14.0. The molecule has 0 unspecified atom stereocenters. The summed E-state index contributed by atoms with van der Waals surface area (Å²) >= 11 is 1.33. The van der Waals surface area contributed by atoms with Gasteiger partial charge in [0.15, 0.2) is 0 Å². The molecule has 1 aromatic heterocycles. The first-order valence-corrected chi connectivity index (χ1v) is 9.62. The molecule has 0 atom stereocenters. The smallest absolute Gasteiger partial charge is 0.146 e. The van der Waals surface area contributed by atoms with Crippen LogP contribution in [-0.2, 0) is 0 Å². The molecule has 148 valence electrons. The van der Waals surface area contributed by atoms with E-state index in [1.54, 1.807) is 49.5 Å². The van der Waals surface area contributed by atoms with Crippen LogP contribution in [0, 0.1) is 11.2 Å². The molecule has 0 saturated carbocycles. The van der Waals surface area contributed by atoms with Gasteiger partial charge >= 0.3 is 0 Å². The summed E-state index contributed by atoms with van der Waals surface area (Å²) in [5.41, 5.74) is 2.46. The normalized spacial score (nSPS) is 13.9. The molecule has 1 aliphatic rings. The number of halogens is 1. The van der Waals surface area contributed by atoms with E-state index in [1.807, 2.05) is 5.38 Å². The molecule has 2 heterocycles. The fourth-order valence-corrected chi connectivity index (χ4v) is 4.06.